The van der Waals surface area contributed by atoms with Crippen LogP contribution in [0.5, 0.6) is 0 Å². The van der Waals surface area contributed by atoms with Crippen LogP contribution in [-0.4, -0.2) is 20.5 Å². The van der Waals surface area contributed by atoms with Gasteiger partial charge in [-0.2, -0.15) is 0 Å². The molecule has 0 saturated carbocycles. The lowest BCUT2D eigenvalue weighted by Crippen LogP contribution is -2.26. The van der Waals surface area contributed by atoms with Gasteiger partial charge in [0.25, 0.3) is 5.56 Å². The van der Waals surface area contributed by atoms with E-state index in [9.17, 15) is 9.59 Å². The lowest BCUT2D eigenvalue weighted by Gasteiger charge is -2.11. The molecule has 0 N–H and O–H groups in total. The predicted molar refractivity (Wildman–Crippen MR) is 127 cm³/mol. The number of esters is 1. The topological polar surface area (TPSA) is 74.1 Å². The molecule has 2 aromatic heterocycles. The number of unbranched alkanes of at least 4 members (excludes halogenated alkanes) is 1. The molecule has 0 aliphatic rings. The van der Waals surface area contributed by atoms with Crippen molar-refractivity contribution < 1.29 is 9.53 Å². The normalized spacial score (nSPS) is 11.0. The highest BCUT2D eigenvalue weighted by Crippen LogP contribution is 2.23. The van der Waals surface area contributed by atoms with Crippen molar-refractivity contribution in [2.75, 3.05) is 0 Å². The van der Waals surface area contributed by atoms with Crippen molar-refractivity contribution in [3.8, 4) is 10.6 Å². The van der Waals surface area contributed by atoms with Crippen LogP contribution in [-0.2, 0) is 29.1 Å². The molecule has 6 nitrogen and oxygen atoms in total. The van der Waals surface area contributed by atoms with Gasteiger partial charge in [-0.25, -0.2) is 9.97 Å². The largest absolute Gasteiger partial charge is 0.459 e. The fourth-order valence-corrected chi connectivity index (χ4v) is 4.29. The second-order valence-electron chi connectivity index (χ2n) is 7.53. The SMILES string of the molecule is CCCCn1c(=O)c(CCC(=O)OCc2csc(-c3ccccc3)n2)nc2ccccc21. The average molecular weight is 448 g/mol. The Morgan fingerprint density at radius 2 is 1.84 bits per heavy atom. The monoisotopic (exact) mass is 447 g/mol. The minimum absolute atomic E-state index is 0.101. The van der Waals surface area contributed by atoms with Crippen LogP contribution in [0.2, 0.25) is 0 Å². The first-order valence-corrected chi connectivity index (χ1v) is 11.7. The summed E-state index contributed by atoms with van der Waals surface area (Å²) in [6.45, 7) is 2.86. The third-order valence-corrected chi connectivity index (χ3v) is 6.11. The molecule has 0 atom stereocenters. The first-order chi connectivity index (χ1) is 15.7. The maximum Gasteiger partial charge on any atom is 0.306 e. The highest BCUT2D eigenvalue weighted by atomic mass is 32.1. The molecule has 0 amide bonds. The first-order valence-electron chi connectivity index (χ1n) is 10.8. The summed E-state index contributed by atoms with van der Waals surface area (Å²) in [5, 5.41) is 2.79. The Labute approximate surface area is 190 Å². The van der Waals surface area contributed by atoms with Crippen LogP contribution in [0.3, 0.4) is 0 Å². The van der Waals surface area contributed by atoms with Crippen molar-refractivity contribution in [3.05, 3.63) is 81.7 Å². The smallest absolute Gasteiger partial charge is 0.306 e. The van der Waals surface area contributed by atoms with Gasteiger partial charge in [0, 0.05) is 23.9 Å². The number of fused-ring (bicyclic) bond motifs is 1. The van der Waals surface area contributed by atoms with Crippen molar-refractivity contribution in [1.29, 1.82) is 0 Å². The number of hydrogen-bond acceptors (Lipinski definition) is 6. The van der Waals surface area contributed by atoms with E-state index < -0.39 is 0 Å². The van der Waals surface area contributed by atoms with E-state index in [2.05, 4.69) is 16.9 Å². The molecule has 0 bridgehead atoms. The van der Waals surface area contributed by atoms with Crippen LogP contribution < -0.4 is 5.56 Å². The van der Waals surface area contributed by atoms with Gasteiger partial charge in [0.05, 0.1) is 23.1 Å². The first kappa shape index (κ1) is 21.9. The van der Waals surface area contributed by atoms with Gasteiger partial charge in [0.1, 0.15) is 17.3 Å². The number of para-hydroxylation sites is 2. The molecule has 7 heteroatoms. The Bertz CT molecular complexity index is 1260. The molecule has 32 heavy (non-hydrogen) atoms. The van der Waals surface area contributed by atoms with Gasteiger partial charge in [-0.3, -0.25) is 9.59 Å². The van der Waals surface area contributed by atoms with Gasteiger partial charge >= 0.3 is 5.97 Å². The molecular formula is C25H25N3O3S. The van der Waals surface area contributed by atoms with Gasteiger partial charge < -0.3 is 9.30 Å². The van der Waals surface area contributed by atoms with Crippen LogP contribution >= 0.6 is 11.3 Å². The van der Waals surface area contributed by atoms with Gasteiger partial charge in [-0.05, 0) is 18.6 Å². The summed E-state index contributed by atoms with van der Waals surface area (Å²) in [5.74, 6) is -0.367. The number of nitrogens with zero attached hydrogens (tertiary/aromatic N) is 3. The Morgan fingerprint density at radius 1 is 1.06 bits per heavy atom. The summed E-state index contributed by atoms with van der Waals surface area (Å²) in [5.41, 5.74) is 3.62. The molecule has 4 rings (SSSR count). The van der Waals surface area contributed by atoms with E-state index in [0.717, 1.165) is 34.4 Å². The lowest BCUT2D eigenvalue weighted by atomic mass is 10.2. The van der Waals surface area contributed by atoms with E-state index in [-0.39, 0.29) is 31.0 Å². The number of rotatable bonds is 9. The summed E-state index contributed by atoms with van der Waals surface area (Å²) >= 11 is 1.52. The van der Waals surface area contributed by atoms with Crippen LogP contribution in [0.4, 0.5) is 0 Å². The van der Waals surface area contributed by atoms with Gasteiger partial charge in [-0.1, -0.05) is 55.8 Å². The highest BCUT2D eigenvalue weighted by molar-refractivity contribution is 7.13. The molecule has 0 saturated heterocycles. The Kier molecular flexibility index (Phi) is 7.07. The van der Waals surface area contributed by atoms with Crippen LogP contribution in [0, 0.1) is 0 Å². The van der Waals surface area contributed by atoms with Gasteiger partial charge in [0.15, 0.2) is 0 Å². The quantitative estimate of drug-likeness (QED) is 0.338. The lowest BCUT2D eigenvalue weighted by molar-refractivity contribution is -0.145. The average Bonchev–Trinajstić information content (AvgIpc) is 3.31. The highest BCUT2D eigenvalue weighted by Gasteiger charge is 2.14. The molecule has 4 aromatic rings. The fourth-order valence-electron chi connectivity index (χ4n) is 3.48. The summed E-state index contributed by atoms with van der Waals surface area (Å²) < 4.78 is 7.16. The Morgan fingerprint density at radius 3 is 2.66 bits per heavy atom. The number of ether oxygens (including phenoxy) is 1. The van der Waals surface area contributed by atoms with Crippen molar-refractivity contribution in [3.63, 3.8) is 0 Å². The van der Waals surface area contributed by atoms with E-state index in [4.69, 9.17) is 4.74 Å². The van der Waals surface area contributed by atoms with E-state index in [1.807, 2.05) is 60.0 Å². The summed E-state index contributed by atoms with van der Waals surface area (Å²) in [7, 11) is 0. The number of benzene rings is 2. The van der Waals surface area contributed by atoms with Crippen LogP contribution in [0.1, 0.15) is 37.6 Å². The summed E-state index contributed by atoms with van der Waals surface area (Å²) in [6.07, 6.45) is 2.26. The second kappa shape index (κ2) is 10.3. The molecular weight excluding hydrogens is 422 g/mol. The van der Waals surface area contributed by atoms with Crippen molar-refractivity contribution in [2.45, 2.75) is 45.8 Å². The summed E-state index contributed by atoms with van der Waals surface area (Å²) in [6, 6.07) is 17.5. The number of hydrogen-bond donors (Lipinski definition) is 0. The maximum absolute atomic E-state index is 13.0. The Balaban J connectivity index is 1.39. The molecule has 0 unspecified atom stereocenters. The molecule has 0 fully saturated rings. The van der Waals surface area contributed by atoms with Crippen molar-refractivity contribution >= 4 is 28.3 Å². The van der Waals surface area contributed by atoms with Crippen molar-refractivity contribution in [1.82, 2.24) is 14.5 Å². The number of aryl methyl sites for hydroxylation is 2. The minimum Gasteiger partial charge on any atom is -0.459 e. The fraction of sp³-hybridized carbons (Fsp3) is 0.280. The molecule has 2 heterocycles. The van der Waals surface area contributed by atoms with E-state index in [1.54, 1.807) is 4.57 Å². The molecule has 2 aromatic carbocycles. The van der Waals surface area contributed by atoms with Crippen LogP contribution in [0.15, 0.2) is 64.8 Å². The zero-order valence-electron chi connectivity index (χ0n) is 18.0. The molecule has 0 aliphatic heterocycles. The standard InChI is InChI=1S/C25H25N3O3S/c1-2-3-15-28-22-12-8-7-11-20(22)27-21(25(28)30)13-14-23(29)31-16-19-17-32-24(26-19)18-9-5-4-6-10-18/h4-12,17H,2-3,13-16H2,1H3. The van der Waals surface area contributed by atoms with Gasteiger partial charge in [0.2, 0.25) is 0 Å². The zero-order chi connectivity index (χ0) is 22.3. The number of aromatic nitrogens is 3. The van der Waals surface area contributed by atoms with E-state index >= 15 is 0 Å². The number of thiazole rings is 1. The number of carbonyl (C=O) groups excluding carboxylic acids is 1. The van der Waals surface area contributed by atoms with E-state index in [0.29, 0.717) is 17.9 Å². The maximum atomic E-state index is 13.0. The van der Waals surface area contributed by atoms with Crippen molar-refractivity contribution in [2.24, 2.45) is 0 Å². The zero-order valence-corrected chi connectivity index (χ0v) is 18.8. The van der Waals surface area contributed by atoms with E-state index in [1.165, 1.54) is 11.3 Å². The number of carbonyl (C=O) groups is 1. The molecule has 0 aliphatic carbocycles. The summed E-state index contributed by atoms with van der Waals surface area (Å²) in [4.78, 5) is 34.3. The molecule has 164 valence electrons. The predicted octanol–water partition coefficient (Wildman–Crippen LogP) is 5.00. The van der Waals surface area contributed by atoms with Crippen LogP contribution in [0.25, 0.3) is 21.6 Å². The minimum atomic E-state index is -0.367. The van der Waals surface area contributed by atoms with Gasteiger partial charge in [-0.15, -0.1) is 11.3 Å². The molecule has 0 radical (unpaired) electrons. The third kappa shape index (κ3) is 5.11. The third-order valence-electron chi connectivity index (χ3n) is 5.17. The second-order valence-corrected chi connectivity index (χ2v) is 8.39. The molecule has 0 spiro atoms. The Hall–Kier alpha value is -3.32.